The Bertz CT molecular complexity index is 1210. The van der Waals surface area contributed by atoms with Gasteiger partial charge in [-0.2, -0.15) is 0 Å². The van der Waals surface area contributed by atoms with Gasteiger partial charge in [-0.1, -0.05) is 42.5 Å². The van der Waals surface area contributed by atoms with E-state index in [2.05, 4.69) is 16.4 Å². The van der Waals surface area contributed by atoms with Crippen LogP contribution in [-0.2, 0) is 16.0 Å². The molecule has 1 aliphatic rings. The van der Waals surface area contributed by atoms with E-state index in [1.165, 1.54) is 4.70 Å². The fourth-order valence-corrected chi connectivity index (χ4v) is 4.63. The first-order valence-electron chi connectivity index (χ1n) is 9.69. The Morgan fingerprint density at radius 1 is 1.00 bits per heavy atom. The van der Waals surface area contributed by atoms with E-state index in [-0.39, 0.29) is 18.3 Å². The number of nitrogens with zero attached hydrogens (tertiary/aromatic N) is 1. The second-order valence-corrected chi connectivity index (χ2v) is 8.30. The molecule has 5 nitrogen and oxygen atoms in total. The number of hydrogen-bond acceptors (Lipinski definition) is 5. The molecule has 148 valence electrons. The second-order valence-electron chi connectivity index (χ2n) is 7.18. The topological polar surface area (TPSA) is 68.3 Å². The summed E-state index contributed by atoms with van der Waals surface area (Å²) in [4.78, 5) is 29.0. The lowest BCUT2D eigenvalue weighted by molar-refractivity contribution is -0.118. The number of rotatable bonds is 5. The van der Waals surface area contributed by atoms with Crippen LogP contribution in [0.25, 0.3) is 10.2 Å². The first-order valence-corrected chi connectivity index (χ1v) is 10.5. The van der Waals surface area contributed by atoms with Gasteiger partial charge < -0.3 is 10.1 Å². The SMILES string of the molecule is O=C(C[C@H]1OC(=O)c2ccccc21)Nc1ccc(Cc2nc3ccccc3s2)cc1. The number of cyclic esters (lactones) is 1. The van der Waals surface area contributed by atoms with Crippen molar-refractivity contribution in [1.29, 1.82) is 0 Å². The molecule has 0 unspecified atom stereocenters. The smallest absolute Gasteiger partial charge is 0.339 e. The average molecular weight is 414 g/mol. The summed E-state index contributed by atoms with van der Waals surface area (Å²) in [5.74, 6) is -0.564. The molecule has 5 rings (SSSR count). The Balaban J connectivity index is 1.22. The van der Waals surface area contributed by atoms with Crippen molar-refractivity contribution >= 4 is 39.1 Å². The van der Waals surface area contributed by atoms with Crippen molar-refractivity contribution in [2.45, 2.75) is 18.9 Å². The van der Waals surface area contributed by atoms with E-state index in [4.69, 9.17) is 4.74 Å². The van der Waals surface area contributed by atoms with Crippen molar-refractivity contribution in [1.82, 2.24) is 4.98 Å². The van der Waals surface area contributed by atoms with E-state index < -0.39 is 6.10 Å². The lowest BCUT2D eigenvalue weighted by Gasteiger charge is -2.11. The van der Waals surface area contributed by atoms with Crippen LogP contribution in [0.5, 0.6) is 0 Å². The molecule has 0 fully saturated rings. The van der Waals surface area contributed by atoms with E-state index in [0.717, 1.165) is 28.1 Å². The van der Waals surface area contributed by atoms with Gasteiger partial charge in [-0.15, -0.1) is 11.3 Å². The molecule has 6 heteroatoms. The van der Waals surface area contributed by atoms with Gasteiger partial charge in [0.05, 0.1) is 27.2 Å². The van der Waals surface area contributed by atoms with Crippen LogP contribution in [0.1, 0.15) is 39.0 Å². The predicted molar refractivity (Wildman–Crippen MR) is 117 cm³/mol. The van der Waals surface area contributed by atoms with Crippen LogP contribution < -0.4 is 5.32 Å². The van der Waals surface area contributed by atoms with Gasteiger partial charge in [0.1, 0.15) is 6.10 Å². The van der Waals surface area contributed by atoms with Crippen LogP contribution in [-0.4, -0.2) is 16.9 Å². The van der Waals surface area contributed by atoms with Crippen molar-refractivity contribution in [3.63, 3.8) is 0 Å². The molecule has 3 aromatic carbocycles. The van der Waals surface area contributed by atoms with Gasteiger partial charge in [0, 0.05) is 17.7 Å². The number of esters is 1. The largest absolute Gasteiger partial charge is 0.453 e. The number of thiazole rings is 1. The highest BCUT2D eigenvalue weighted by Gasteiger charge is 2.32. The molecule has 1 amide bonds. The third kappa shape index (κ3) is 3.69. The fraction of sp³-hybridized carbons (Fsp3) is 0.125. The molecule has 1 aliphatic heterocycles. The van der Waals surface area contributed by atoms with E-state index in [0.29, 0.717) is 11.3 Å². The molecule has 1 aromatic heterocycles. The second kappa shape index (κ2) is 7.72. The molecule has 4 aromatic rings. The van der Waals surface area contributed by atoms with E-state index >= 15 is 0 Å². The van der Waals surface area contributed by atoms with E-state index in [9.17, 15) is 9.59 Å². The minimum absolute atomic E-state index is 0.0935. The van der Waals surface area contributed by atoms with Gasteiger partial charge in [0.2, 0.25) is 5.91 Å². The van der Waals surface area contributed by atoms with Gasteiger partial charge in [-0.25, -0.2) is 9.78 Å². The van der Waals surface area contributed by atoms with E-state index in [1.54, 1.807) is 23.5 Å². The third-order valence-corrected chi connectivity index (χ3v) is 6.12. The molecule has 1 N–H and O–H groups in total. The summed E-state index contributed by atoms with van der Waals surface area (Å²) in [5, 5.41) is 3.95. The van der Waals surface area contributed by atoms with Crippen LogP contribution >= 0.6 is 11.3 Å². The molecule has 0 saturated carbocycles. The molecular weight excluding hydrogens is 396 g/mol. The molecule has 30 heavy (non-hydrogen) atoms. The van der Waals surface area contributed by atoms with Crippen LogP contribution in [0.15, 0.2) is 72.8 Å². The standard InChI is InChI=1S/C24H18N2O3S/c27-22(14-20-17-5-1-2-6-18(17)24(28)29-20)25-16-11-9-15(10-12-16)13-23-26-19-7-3-4-8-21(19)30-23/h1-12,20H,13-14H2,(H,25,27)/t20-/m1/s1. The number of nitrogens with one attached hydrogen (secondary N) is 1. The Labute approximate surface area is 177 Å². The van der Waals surface area contributed by atoms with Crippen molar-refractivity contribution in [3.8, 4) is 0 Å². The van der Waals surface area contributed by atoms with Crippen molar-refractivity contribution in [2.75, 3.05) is 5.32 Å². The summed E-state index contributed by atoms with van der Waals surface area (Å²) in [5.41, 5.74) is 4.17. The number of anilines is 1. The zero-order chi connectivity index (χ0) is 20.5. The zero-order valence-electron chi connectivity index (χ0n) is 16.0. The average Bonchev–Trinajstić information content (AvgIpc) is 3.30. The molecular formula is C24H18N2O3S. The van der Waals surface area contributed by atoms with Gasteiger partial charge >= 0.3 is 5.97 Å². The first kappa shape index (κ1) is 18.5. The number of carbonyl (C=O) groups excluding carboxylic acids is 2. The summed E-state index contributed by atoms with van der Waals surface area (Å²) in [7, 11) is 0. The third-order valence-electron chi connectivity index (χ3n) is 5.08. The molecule has 0 spiro atoms. The molecule has 1 atom stereocenters. The minimum atomic E-state index is -0.535. The fourth-order valence-electron chi connectivity index (χ4n) is 3.63. The number of para-hydroxylation sites is 1. The number of benzene rings is 3. The molecule has 0 aliphatic carbocycles. The minimum Gasteiger partial charge on any atom is -0.453 e. The number of carbonyl (C=O) groups is 2. The quantitative estimate of drug-likeness (QED) is 0.460. The van der Waals surface area contributed by atoms with Crippen LogP contribution in [0, 0.1) is 0 Å². The molecule has 0 saturated heterocycles. The van der Waals surface area contributed by atoms with E-state index in [1.807, 2.05) is 54.6 Å². The number of fused-ring (bicyclic) bond motifs is 2. The van der Waals surface area contributed by atoms with Gasteiger partial charge in [-0.05, 0) is 35.9 Å². The Kier molecular flexibility index (Phi) is 4.77. The van der Waals surface area contributed by atoms with Gasteiger partial charge in [0.25, 0.3) is 0 Å². The highest BCUT2D eigenvalue weighted by atomic mass is 32.1. The Morgan fingerprint density at radius 2 is 1.77 bits per heavy atom. The summed E-state index contributed by atoms with van der Waals surface area (Å²) in [6, 6.07) is 23.1. The van der Waals surface area contributed by atoms with Crippen molar-refractivity contribution in [3.05, 3.63) is 94.5 Å². The van der Waals surface area contributed by atoms with Gasteiger partial charge in [0.15, 0.2) is 0 Å². The normalized spacial score (nSPS) is 15.1. The highest BCUT2D eigenvalue weighted by molar-refractivity contribution is 7.18. The summed E-state index contributed by atoms with van der Waals surface area (Å²) in [6.07, 6.45) is 0.311. The number of hydrogen-bond donors (Lipinski definition) is 1. The zero-order valence-corrected chi connectivity index (χ0v) is 16.8. The maximum atomic E-state index is 12.4. The predicted octanol–water partition coefficient (Wildman–Crippen LogP) is 5.13. The molecule has 2 heterocycles. The number of aromatic nitrogens is 1. The van der Waals surface area contributed by atoms with Crippen molar-refractivity contribution < 1.29 is 14.3 Å². The van der Waals surface area contributed by atoms with Gasteiger partial charge in [-0.3, -0.25) is 4.79 Å². The maximum absolute atomic E-state index is 12.4. The number of ether oxygens (including phenoxy) is 1. The van der Waals surface area contributed by atoms with Crippen LogP contribution in [0.4, 0.5) is 5.69 Å². The maximum Gasteiger partial charge on any atom is 0.339 e. The summed E-state index contributed by atoms with van der Waals surface area (Å²) < 4.78 is 6.53. The number of amides is 1. The summed E-state index contributed by atoms with van der Waals surface area (Å²) >= 11 is 1.70. The van der Waals surface area contributed by atoms with Crippen LogP contribution in [0.3, 0.4) is 0 Å². The first-order chi connectivity index (χ1) is 14.7. The lowest BCUT2D eigenvalue weighted by atomic mass is 10.0. The lowest BCUT2D eigenvalue weighted by Crippen LogP contribution is -2.15. The van der Waals surface area contributed by atoms with Crippen LogP contribution in [0.2, 0.25) is 0 Å². The molecule has 0 bridgehead atoms. The Hall–Kier alpha value is -3.51. The molecule has 0 radical (unpaired) electrons. The monoisotopic (exact) mass is 414 g/mol. The Morgan fingerprint density at radius 3 is 2.60 bits per heavy atom. The van der Waals surface area contributed by atoms with Crippen molar-refractivity contribution in [2.24, 2.45) is 0 Å². The summed E-state index contributed by atoms with van der Waals surface area (Å²) in [6.45, 7) is 0. The highest BCUT2D eigenvalue weighted by Crippen LogP contribution is 2.33.